The lowest BCUT2D eigenvalue weighted by molar-refractivity contribution is -0.115. The molecule has 2 heterocycles. The zero-order valence-corrected chi connectivity index (χ0v) is 10.9. The minimum atomic E-state index is -0.0152. The van der Waals surface area contributed by atoms with Crippen molar-refractivity contribution < 1.29 is 9.53 Å². The van der Waals surface area contributed by atoms with E-state index in [9.17, 15) is 4.79 Å². The average molecular weight is 264 g/mol. The van der Waals surface area contributed by atoms with Crippen LogP contribution in [0.4, 0.5) is 5.69 Å². The number of carbonyl (C=O) groups is 1. The highest BCUT2D eigenvalue weighted by Crippen LogP contribution is 2.43. The van der Waals surface area contributed by atoms with Crippen LogP contribution < -0.4 is 10.1 Å². The summed E-state index contributed by atoms with van der Waals surface area (Å²) < 4.78 is 5.55. The van der Waals surface area contributed by atoms with Crippen LogP contribution in [0.25, 0.3) is 21.7 Å². The average Bonchev–Trinajstić information content (AvgIpc) is 2.47. The summed E-state index contributed by atoms with van der Waals surface area (Å²) in [4.78, 5) is 16.4. The molecule has 1 aromatic heterocycles. The van der Waals surface area contributed by atoms with Crippen LogP contribution in [0.5, 0.6) is 5.75 Å². The maximum atomic E-state index is 11.9. The molecule has 98 valence electrons. The predicted octanol–water partition coefficient (Wildman–Crippen LogP) is 2.89. The molecule has 2 aromatic carbocycles. The van der Waals surface area contributed by atoms with Gasteiger partial charge in [0.1, 0.15) is 0 Å². The SMILES string of the molecule is COc1c2c3c(ccnc3c3ccccc13)CC(=O)N2. The summed E-state index contributed by atoms with van der Waals surface area (Å²) in [6.07, 6.45) is 2.15. The molecule has 0 unspecified atom stereocenters. The number of fused-ring (bicyclic) bond motifs is 2. The van der Waals surface area contributed by atoms with Gasteiger partial charge < -0.3 is 10.1 Å². The van der Waals surface area contributed by atoms with E-state index < -0.39 is 0 Å². The van der Waals surface area contributed by atoms with Crippen molar-refractivity contribution in [2.45, 2.75) is 6.42 Å². The number of benzene rings is 2. The van der Waals surface area contributed by atoms with Gasteiger partial charge in [-0.25, -0.2) is 0 Å². The first-order chi connectivity index (χ1) is 9.79. The lowest BCUT2D eigenvalue weighted by Gasteiger charge is -2.21. The van der Waals surface area contributed by atoms with Crippen LogP contribution in [0.1, 0.15) is 5.56 Å². The molecule has 0 bridgehead atoms. The second kappa shape index (κ2) is 3.93. The fraction of sp³-hybridized carbons (Fsp3) is 0.125. The summed E-state index contributed by atoms with van der Waals surface area (Å²) in [7, 11) is 1.63. The molecule has 1 aliphatic heterocycles. The number of nitrogens with one attached hydrogen (secondary N) is 1. The Kier molecular flexibility index (Phi) is 2.21. The molecule has 0 spiro atoms. The Labute approximate surface area is 115 Å². The topological polar surface area (TPSA) is 51.2 Å². The number of pyridine rings is 1. The highest BCUT2D eigenvalue weighted by molar-refractivity contribution is 6.20. The minimum absolute atomic E-state index is 0.0152. The van der Waals surface area contributed by atoms with E-state index in [2.05, 4.69) is 10.3 Å². The van der Waals surface area contributed by atoms with E-state index in [-0.39, 0.29) is 5.91 Å². The number of rotatable bonds is 1. The Balaban J connectivity index is 2.30. The smallest absolute Gasteiger partial charge is 0.228 e. The van der Waals surface area contributed by atoms with Crippen LogP contribution in [0.15, 0.2) is 36.5 Å². The molecule has 1 aliphatic rings. The van der Waals surface area contributed by atoms with E-state index in [0.717, 1.165) is 32.9 Å². The summed E-state index contributed by atoms with van der Waals surface area (Å²) in [6.45, 7) is 0. The van der Waals surface area contributed by atoms with Gasteiger partial charge in [-0.05, 0) is 11.6 Å². The van der Waals surface area contributed by atoms with Crippen LogP contribution >= 0.6 is 0 Å². The second-order valence-electron chi connectivity index (χ2n) is 4.87. The van der Waals surface area contributed by atoms with E-state index in [1.165, 1.54) is 0 Å². The maximum Gasteiger partial charge on any atom is 0.228 e. The van der Waals surface area contributed by atoms with Crippen molar-refractivity contribution in [3.05, 3.63) is 42.1 Å². The van der Waals surface area contributed by atoms with Gasteiger partial charge in [0.25, 0.3) is 0 Å². The number of anilines is 1. The first-order valence-corrected chi connectivity index (χ1v) is 6.45. The quantitative estimate of drug-likeness (QED) is 0.687. The van der Waals surface area contributed by atoms with Crippen LogP contribution in [-0.2, 0) is 11.2 Å². The molecule has 1 N–H and O–H groups in total. The van der Waals surface area contributed by atoms with Crippen LogP contribution in [-0.4, -0.2) is 18.0 Å². The summed E-state index contributed by atoms with van der Waals surface area (Å²) >= 11 is 0. The van der Waals surface area contributed by atoms with Gasteiger partial charge in [0.15, 0.2) is 5.75 Å². The monoisotopic (exact) mass is 264 g/mol. The number of nitrogens with zero attached hydrogens (tertiary/aromatic N) is 1. The molecule has 4 rings (SSSR count). The van der Waals surface area contributed by atoms with Gasteiger partial charge in [0.2, 0.25) is 5.91 Å². The van der Waals surface area contributed by atoms with Gasteiger partial charge in [0, 0.05) is 22.4 Å². The highest BCUT2D eigenvalue weighted by atomic mass is 16.5. The molecule has 1 amide bonds. The highest BCUT2D eigenvalue weighted by Gasteiger charge is 2.24. The molecule has 0 radical (unpaired) electrons. The maximum absolute atomic E-state index is 11.9. The van der Waals surface area contributed by atoms with Crippen molar-refractivity contribution in [3.8, 4) is 5.75 Å². The van der Waals surface area contributed by atoms with E-state index >= 15 is 0 Å². The van der Waals surface area contributed by atoms with E-state index in [0.29, 0.717) is 12.2 Å². The summed E-state index contributed by atoms with van der Waals surface area (Å²) in [5.74, 6) is 0.689. The van der Waals surface area contributed by atoms with Gasteiger partial charge in [0.05, 0.1) is 24.7 Å². The molecule has 3 aromatic rings. The number of aromatic nitrogens is 1. The third-order valence-electron chi connectivity index (χ3n) is 3.76. The van der Waals surface area contributed by atoms with Crippen molar-refractivity contribution >= 4 is 33.3 Å². The third kappa shape index (κ3) is 1.36. The molecule has 0 atom stereocenters. The number of hydrogen-bond donors (Lipinski definition) is 1. The number of methoxy groups -OCH3 is 1. The molecule has 4 nitrogen and oxygen atoms in total. The fourth-order valence-electron chi connectivity index (χ4n) is 2.96. The Morgan fingerprint density at radius 1 is 1.20 bits per heavy atom. The number of amides is 1. The second-order valence-corrected chi connectivity index (χ2v) is 4.87. The Bertz CT molecular complexity index is 871. The normalized spacial score (nSPS) is 13.6. The molecule has 0 saturated carbocycles. The lowest BCUT2D eigenvalue weighted by atomic mass is 9.95. The third-order valence-corrected chi connectivity index (χ3v) is 3.76. The number of hydrogen-bond acceptors (Lipinski definition) is 3. The van der Waals surface area contributed by atoms with Crippen molar-refractivity contribution in [3.63, 3.8) is 0 Å². The molecule has 4 heteroatoms. The van der Waals surface area contributed by atoms with Crippen LogP contribution in [0, 0.1) is 0 Å². The standard InChI is InChI=1S/C16H12N2O2/c1-20-16-11-5-3-2-4-10(11)14-13-9(6-7-17-14)8-12(19)18-15(13)16/h2-7H,8H2,1H3,(H,18,19). The Morgan fingerprint density at radius 3 is 2.80 bits per heavy atom. The largest absolute Gasteiger partial charge is 0.494 e. The molecule has 0 fully saturated rings. The van der Waals surface area contributed by atoms with Crippen molar-refractivity contribution in [2.24, 2.45) is 0 Å². The molecule has 0 aliphatic carbocycles. The molecular formula is C16H12N2O2. The zero-order valence-electron chi connectivity index (χ0n) is 10.9. The summed E-state index contributed by atoms with van der Waals surface area (Å²) in [5.41, 5.74) is 2.65. The Hall–Kier alpha value is -2.62. The summed E-state index contributed by atoms with van der Waals surface area (Å²) in [5, 5.41) is 5.93. The Morgan fingerprint density at radius 2 is 2.00 bits per heavy atom. The molecular weight excluding hydrogens is 252 g/mol. The van der Waals surface area contributed by atoms with Crippen molar-refractivity contribution in [1.82, 2.24) is 4.98 Å². The molecule has 0 saturated heterocycles. The van der Waals surface area contributed by atoms with Gasteiger partial charge in [-0.15, -0.1) is 0 Å². The molecule has 20 heavy (non-hydrogen) atoms. The number of ether oxygens (including phenoxy) is 1. The van der Waals surface area contributed by atoms with Crippen molar-refractivity contribution in [2.75, 3.05) is 12.4 Å². The predicted molar refractivity (Wildman–Crippen MR) is 78.1 cm³/mol. The van der Waals surface area contributed by atoms with E-state index in [1.807, 2.05) is 30.3 Å². The van der Waals surface area contributed by atoms with Crippen LogP contribution in [0.3, 0.4) is 0 Å². The van der Waals surface area contributed by atoms with Crippen LogP contribution in [0.2, 0.25) is 0 Å². The van der Waals surface area contributed by atoms with Crippen molar-refractivity contribution in [1.29, 1.82) is 0 Å². The number of carbonyl (C=O) groups excluding carboxylic acids is 1. The lowest BCUT2D eigenvalue weighted by Crippen LogP contribution is -2.20. The zero-order chi connectivity index (χ0) is 13.7. The minimum Gasteiger partial charge on any atom is -0.494 e. The van der Waals surface area contributed by atoms with Gasteiger partial charge in [-0.3, -0.25) is 9.78 Å². The van der Waals surface area contributed by atoms with Gasteiger partial charge >= 0.3 is 0 Å². The van der Waals surface area contributed by atoms with Gasteiger partial charge in [-0.2, -0.15) is 0 Å². The first kappa shape index (κ1) is 11.2. The first-order valence-electron chi connectivity index (χ1n) is 6.45. The van der Waals surface area contributed by atoms with E-state index in [1.54, 1.807) is 13.3 Å². The summed E-state index contributed by atoms with van der Waals surface area (Å²) in [6, 6.07) is 9.86. The van der Waals surface area contributed by atoms with Gasteiger partial charge in [-0.1, -0.05) is 24.3 Å². The van der Waals surface area contributed by atoms with E-state index in [4.69, 9.17) is 4.74 Å². The fourth-order valence-corrected chi connectivity index (χ4v) is 2.96.